The molecule has 0 saturated carbocycles. The van der Waals surface area contributed by atoms with Gasteiger partial charge in [-0.15, -0.1) is 0 Å². The number of fused-ring (bicyclic) bond motifs is 1. The van der Waals surface area contributed by atoms with Crippen molar-refractivity contribution in [1.82, 2.24) is 3.97 Å². The molecular formula is C15H13NS. The fourth-order valence-corrected chi connectivity index (χ4v) is 2.86. The first kappa shape index (κ1) is 10.5. The van der Waals surface area contributed by atoms with Crippen LogP contribution in [0.3, 0.4) is 0 Å². The third-order valence-electron chi connectivity index (χ3n) is 2.86. The summed E-state index contributed by atoms with van der Waals surface area (Å²) in [4.78, 5) is 1.26. The van der Waals surface area contributed by atoms with Crippen molar-refractivity contribution in [1.29, 1.82) is 0 Å². The molecule has 1 nitrogen and oxygen atoms in total. The minimum absolute atomic E-state index is 1.26. The SMILES string of the molecule is Cc1cccc2c1ccn2Sc1ccccc1. The van der Waals surface area contributed by atoms with Crippen LogP contribution in [0.4, 0.5) is 0 Å². The van der Waals surface area contributed by atoms with E-state index in [1.807, 2.05) is 6.07 Å². The summed E-state index contributed by atoms with van der Waals surface area (Å²) in [7, 11) is 0. The van der Waals surface area contributed by atoms with Crippen molar-refractivity contribution in [2.45, 2.75) is 11.8 Å². The Hall–Kier alpha value is -1.67. The van der Waals surface area contributed by atoms with Gasteiger partial charge in [0.15, 0.2) is 0 Å². The molecule has 0 spiro atoms. The lowest BCUT2D eigenvalue weighted by molar-refractivity contribution is 1.32. The van der Waals surface area contributed by atoms with Crippen LogP contribution in [0.5, 0.6) is 0 Å². The molecule has 0 unspecified atom stereocenters. The van der Waals surface area contributed by atoms with Crippen LogP contribution < -0.4 is 0 Å². The third kappa shape index (κ3) is 1.96. The molecule has 0 aliphatic heterocycles. The summed E-state index contributed by atoms with van der Waals surface area (Å²) in [6, 6.07) is 19.1. The van der Waals surface area contributed by atoms with Crippen molar-refractivity contribution in [3.63, 3.8) is 0 Å². The lowest BCUT2D eigenvalue weighted by Crippen LogP contribution is -1.84. The van der Waals surface area contributed by atoms with Crippen LogP contribution in [-0.4, -0.2) is 3.97 Å². The number of hydrogen-bond donors (Lipinski definition) is 0. The molecule has 3 aromatic rings. The van der Waals surface area contributed by atoms with Gasteiger partial charge in [-0.2, -0.15) is 0 Å². The first-order chi connectivity index (χ1) is 8.34. The molecule has 84 valence electrons. The monoisotopic (exact) mass is 239 g/mol. The summed E-state index contributed by atoms with van der Waals surface area (Å²) >= 11 is 1.75. The number of aryl methyl sites for hydroxylation is 1. The van der Waals surface area contributed by atoms with Gasteiger partial charge in [0.25, 0.3) is 0 Å². The molecule has 0 fully saturated rings. The fourth-order valence-electron chi connectivity index (χ4n) is 1.97. The smallest absolute Gasteiger partial charge is 0.0597 e. The number of rotatable bonds is 2. The van der Waals surface area contributed by atoms with Gasteiger partial charge in [-0.3, -0.25) is 3.97 Å². The topological polar surface area (TPSA) is 4.93 Å². The van der Waals surface area contributed by atoms with Crippen molar-refractivity contribution >= 4 is 22.9 Å². The lowest BCUT2D eigenvalue weighted by Gasteiger charge is -2.04. The van der Waals surface area contributed by atoms with Gasteiger partial charge in [-0.05, 0) is 48.7 Å². The zero-order valence-electron chi connectivity index (χ0n) is 9.63. The van der Waals surface area contributed by atoms with E-state index in [9.17, 15) is 0 Å². The zero-order valence-corrected chi connectivity index (χ0v) is 10.4. The molecule has 0 aliphatic carbocycles. The van der Waals surface area contributed by atoms with Gasteiger partial charge in [0.1, 0.15) is 0 Å². The maximum atomic E-state index is 2.22. The van der Waals surface area contributed by atoms with Gasteiger partial charge in [-0.1, -0.05) is 30.3 Å². The van der Waals surface area contributed by atoms with E-state index in [2.05, 4.69) is 65.6 Å². The second-order valence-corrected chi connectivity index (χ2v) is 5.10. The zero-order chi connectivity index (χ0) is 11.7. The van der Waals surface area contributed by atoms with Gasteiger partial charge in [0, 0.05) is 16.5 Å². The summed E-state index contributed by atoms with van der Waals surface area (Å²) in [6.07, 6.45) is 2.13. The predicted octanol–water partition coefficient (Wildman–Crippen LogP) is 4.51. The standard InChI is InChI=1S/C15H13NS/c1-12-6-5-9-15-14(12)10-11-16(15)17-13-7-3-2-4-8-13/h2-11H,1H3. The summed E-state index contributed by atoms with van der Waals surface area (Å²) in [5.74, 6) is 0. The molecule has 1 heterocycles. The molecule has 2 aromatic carbocycles. The van der Waals surface area contributed by atoms with E-state index in [1.54, 1.807) is 11.9 Å². The van der Waals surface area contributed by atoms with Crippen LogP contribution in [0.2, 0.25) is 0 Å². The van der Waals surface area contributed by atoms with Crippen LogP contribution in [0, 0.1) is 6.92 Å². The second kappa shape index (κ2) is 4.30. The summed E-state index contributed by atoms with van der Waals surface area (Å²) < 4.78 is 2.22. The Morgan fingerprint density at radius 3 is 2.53 bits per heavy atom. The number of aromatic nitrogens is 1. The first-order valence-corrected chi connectivity index (χ1v) is 6.42. The highest BCUT2D eigenvalue weighted by Gasteiger charge is 2.03. The van der Waals surface area contributed by atoms with Gasteiger partial charge >= 0.3 is 0 Å². The lowest BCUT2D eigenvalue weighted by atomic mass is 10.1. The highest BCUT2D eigenvalue weighted by molar-refractivity contribution is 7.98. The molecule has 0 amide bonds. The van der Waals surface area contributed by atoms with E-state index in [4.69, 9.17) is 0 Å². The summed E-state index contributed by atoms with van der Waals surface area (Å²) in [5.41, 5.74) is 2.61. The maximum absolute atomic E-state index is 2.22. The third-order valence-corrected chi connectivity index (χ3v) is 3.86. The molecule has 2 heteroatoms. The van der Waals surface area contributed by atoms with Crippen LogP contribution in [0.25, 0.3) is 10.9 Å². The van der Waals surface area contributed by atoms with E-state index in [-0.39, 0.29) is 0 Å². The van der Waals surface area contributed by atoms with Crippen molar-refractivity contribution in [3.8, 4) is 0 Å². The molecule has 0 atom stereocenters. The molecular weight excluding hydrogens is 226 g/mol. The first-order valence-electron chi connectivity index (χ1n) is 5.65. The minimum Gasteiger partial charge on any atom is -0.287 e. The minimum atomic E-state index is 1.26. The summed E-state index contributed by atoms with van der Waals surface area (Å²) in [5, 5.41) is 1.33. The van der Waals surface area contributed by atoms with Crippen LogP contribution in [-0.2, 0) is 0 Å². The van der Waals surface area contributed by atoms with E-state index >= 15 is 0 Å². The van der Waals surface area contributed by atoms with Crippen molar-refractivity contribution in [2.75, 3.05) is 0 Å². The maximum Gasteiger partial charge on any atom is 0.0597 e. The number of hydrogen-bond acceptors (Lipinski definition) is 1. The average Bonchev–Trinajstić information content (AvgIpc) is 2.76. The molecule has 1 aromatic heterocycles. The Kier molecular flexibility index (Phi) is 2.65. The van der Waals surface area contributed by atoms with E-state index in [0.29, 0.717) is 0 Å². The van der Waals surface area contributed by atoms with Crippen LogP contribution >= 0.6 is 11.9 Å². The Morgan fingerprint density at radius 2 is 1.71 bits per heavy atom. The normalized spacial score (nSPS) is 10.9. The molecule has 0 aliphatic rings. The highest BCUT2D eigenvalue weighted by Crippen LogP contribution is 2.27. The Morgan fingerprint density at radius 1 is 0.882 bits per heavy atom. The number of benzene rings is 2. The van der Waals surface area contributed by atoms with Crippen molar-refractivity contribution in [3.05, 3.63) is 66.4 Å². The second-order valence-electron chi connectivity index (χ2n) is 4.05. The molecule has 17 heavy (non-hydrogen) atoms. The van der Waals surface area contributed by atoms with E-state index < -0.39 is 0 Å². The molecule has 0 bridgehead atoms. The molecule has 0 saturated heterocycles. The van der Waals surface area contributed by atoms with Crippen molar-refractivity contribution in [2.24, 2.45) is 0 Å². The fraction of sp³-hybridized carbons (Fsp3) is 0.0667. The number of nitrogens with zero attached hydrogens (tertiary/aromatic N) is 1. The summed E-state index contributed by atoms with van der Waals surface area (Å²) in [6.45, 7) is 2.15. The quantitative estimate of drug-likeness (QED) is 0.637. The van der Waals surface area contributed by atoms with Gasteiger partial charge < -0.3 is 0 Å². The van der Waals surface area contributed by atoms with Crippen molar-refractivity contribution < 1.29 is 0 Å². The van der Waals surface area contributed by atoms with Gasteiger partial charge in [-0.25, -0.2) is 0 Å². The average molecular weight is 239 g/mol. The highest BCUT2D eigenvalue weighted by atomic mass is 32.2. The van der Waals surface area contributed by atoms with Gasteiger partial charge in [0.2, 0.25) is 0 Å². The van der Waals surface area contributed by atoms with Crippen LogP contribution in [0.15, 0.2) is 65.7 Å². The molecule has 0 N–H and O–H groups in total. The largest absolute Gasteiger partial charge is 0.287 e. The Labute approximate surface area is 105 Å². The molecule has 3 rings (SSSR count). The Bertz CT molecular complexity index is 640. The predicted molar refractivity (Wildman–Crippen MR) is 74.4 cm³/mol. The van der Waals surface area contributed by atoms with Gasteiger partial charge in [0.05, 0.1) is 5.52 Å². The molecule has 0 radical (unpaired) electrons. The van der Waals surface area contributed by atoms with E-state index in [1.165, 1.54) is 21.4 Å². The Balaban J connectivity index is 2.05. The van der Waals surface area contributed by atoms with E-state index in [0.717, 1.165) is 0 Å². The van der Waals surface area contributed by atoms with Crippen LogP contribution in [0.1, 0.15) is 5.56 Å².